The molecule has 0 N–H and O–H groups in total. The van der Waals surface area contributed by atoms with E-state index in [0.29, 0.717) is 19.3 Å². The van der Waals surface area contributed by atoms with Crippen LogP contribution in [0.5, 0.6) is 0 Å². The Morgan fingerprint density at radius 2 is 0.621 bits per heavy atom. The average Bonchev–Trinajstić information content (AvgIpc) is 3.31. The summed E-state index contributed by atoms with van der Waals surface area (Å²) in [4.78, 5) is 38.0. The first-order chi connectivity index (χ1) is 32.5. The third-order valence-corrected chi connectivity index (χ3v) is 10.7. The molecule has 0 radical (unpaired) electrons. The second-order valence-electron chi connectivity index (χ2n) is 17.0. The predicted molar refractivity (Wildman–Crippen MR) is 283 cm³/mol. The molecule has 0 spiro atoms. The Kier molecular flexibility index (Phi) is 50.0. The molecule has 0 saturated carbocycles. The number of hydrogen-bond donors (Lipinski definition) is 0. The van der Waals surface area contributed by atoms with Gasteiger partial charge in [-0.2, -0.15) is 0 Å². The van der Waals surface area contributed by atoms with Gasteiger partial charge < -0.3 is 14.2 Å². The van der Waals surface area contributed by atoms with E-state index >= 15 is 0 Å². The van der Waals surface area contributed by atoms with Gasteiger partial charge in [-0.25, -0.2) is 0 Å². The quantitative estimate of drug-likeness (QED) is 0.0262. The van der Waals surface area contributed by atoms with E-state index in [4.69, 9.17) is 14.2 Å². The fourth-order valence-electron chi connectivity index (χ4n) is 6.81. The number of esters is 3. The summed E-state index contributed by atoms with van der Waals surface area (Å²) in [6.45, 7) is 6.31. The molecule has 0 aliphatic carbocycles. The molecule has 0 aromatic rings. The highest BCUT2D eigenvalue weighted by atomic mass is 16.6. The van der Waals surface area contributed by atoms with Crippen LogP contribution >= 0.6 is 0 Å². The molecule has 0 amide bonds. The van der Waals surface area contributed by atoms with E-state index in [-0.39, 0.29) is 37.5 Å². The zero-order valence-electron chi connectivity index (χ0n) is 42.4. The van der Waals surface area contributed by atoms with Crippen molar-refractivity contribution in [1.82, 2.24) is 0 Å². The predicted octanol–water partition coefficient (Wildman–Crippen LogP) is 17.7. The molecular formula is C60H96O6. The number of carbonyl (C=O) groups is 3. The number of allylic oxidation sites excluding steroid dienone is 20. The SMILES string of the molecule is CC/C=C\C/C=C\C/C=C\C/C=C\C/C=C\C/C=C\CCC(=O)OCC(COC(=O)CCCCCCCCCCCC)OC(=O)CCCCCCCC/C=C\C/C=C\C/C=C\C/C=C\CC. The van der Waals surface area contributed by atoms with Crippen LogP contribution in [0.4, 0.5) is 0 Å². The molecule has 0 aromatic heterocycles. The zero-order chi connectivity index (χ0) is 47.9. The van der Waals surface area contributed by atoms with E-state index in [9.17, 15) is 14.4 Å². The van der Waals surface area contributed by atoms with Crippen LogP contribution in [0, 0.1) is 0 Å². The Labute approximate surface area is 405 Å². The summed E-state index contributed by atoms with van der Waals surface area (Å²) in [5, 5.41) is 0. The molecule has 372 valence electrons. The molecule has 0 heterocycles. The smallest absolute Gasteiger partial charge is 0.306 e. The normalized spacial score (nSPS) is 13.1. The fraction of sp³-hybridized carbons (Fsp3) is 0.617. The number of rotatable bonds is 46. The minimum atomic E-state index is -0.817. The van der Waals surface area contributed by atoms with Gasteiger partial charge in [0.25, 0.3) is 0 Å². The summed E-state index contributed by atoms with van der Waals surface area (Å²) in [6.07, 6.45) is 73.4. The van der Waals surface area contributed by atoms with Crippen LogP contribution in [0.1, 0.15) is 220 Å². The summed E-state index contributed by atoms with van der Waals surface area (Å²) < 4.78 is 16.7. The Morgan fingerprint density at radius 3 is 1.02 bits per heavy atom. The van der Waals surface area contributed by atoms with Crippen LogP contribution in [0.2, 0.25) is 0 Å². The number of carbonyl (C=O) groups excluding carboxylic acids is 3. The minimum absolute atomic E-state index is 0.109. The van der Waals surface area contributed by atoms with Crippen molar-refractivity contribution in [2.75, 3.05) is 13.2 Å². The van der Waals surface area contributed by atoms with Crippen LogP contribution in [-0.2, 0) is 28.6 Å². The van der Waals surface area contributed by atoms with Crippen molar-refractivity contribution in [1.29, 1.82) is 0 Å². The first kappa shape index (κ1) is 61.8. The van der Waals surface area contributed by atoms with Gasteiger partial charge in [-0.1, -0.05) is 226 Å². The minimum Gasteiger partial charge on any atom is -0.462 e. The monoisotopic (exact) mass is 913 g/mol. The lowest BCUT2D eigenvalue weighted by molar-refractivity contribution is -0.166. The molecule has 0 rings (SSSR count). The highest BCUT2D eigenvalue weighted by Crippen LogP contribution is 2.13. The van der Waals surface area contributed by atoms with E-state index in [1.54, 1.807) is 0 Å². The Bertz CT molecular complexity index is 1420. The number of hydrogen-bond acceptors (Lipinski definition) is 6. The van der Waals surface area contributed by atoms with Gasteiger partial charge in [0, 0.05) is 19.3 Å². The van der Waals surface area contributed by atoms with Crippen LogP contribution in [0.15, 0.2) is 122 Å². The van der Waals surface area contributed by atoms with Crippen molar-refractivity contribution in [2.24, 2.45) is 0 Å². The van der Waals surface area contributed by atoms with Crippen LogP contribution in [0.3, 0.4) is 0 Å². The molecule has 0 aliphatic rings. The molecule has 6 nitrogen and oxygen atoms in total. The van der Waals surface area contributed by atoms with Crippen molar-refractivity contribution in [2.45, 2.75) is 226 Å². The maximum Gasteiger partial charge on any atom is 0.306 e. The molecule has 0 fully saturated rings. The van der Waals surface area contributed by atoms with Crippen molar-refractivity contribution in [3.8, 4) is 0 Å². The van der Waals surface area contributed by atoms with Crippen molar-refractivity contribution >= 4 is 17.9 Å². The van der Waals surface area contributed by atoms with Crippen molar-refractivity contribution in [3.05, 3.63) is 122 Å². The second-order valence-corrected chi connectivity index (χ2v) is 17.0. The summed E-state index contributed by atoms with van der Waals surface area (Å²) in [7, 11) is 0. The van der Waals surface area contributed by atoms with E-state index in [2.05, 4.69) is 130 Å². The van der Waals surface area contributed by atoms with Gasteiger partial charge in [-0.15, -0.1) is 0 Å². The first-order valence-corrected chi connectivity index (χ1v) is 26.5. The van der Waals surface area contributed by atoms with Crippen LogP contribution in [0.25, 0.3) is 0 Å². The van der Waals surface area contributed by atoms with Gasteiger partial charge >= 0.3 is 17.9 Å². The van der Waals surface area contributed by atoms with Crippen LogP contribution < -0.4 is 0 Å². The first-order valence-electron chi connectivity index (χ1n) is 26.5. The second kappa shape index (κ2) is 53.4. The number of ether oxygens (including phenoxy) is 3. The van der Waals surface area contributed by atoms with E-state index in [1.165, 1.54) is 57.8 Å². The molecule has 0 aromatic carbocycles. The Morgan fingerprint density at radius 1 is 0.318 bits per heavy atom. The fourth-order valence-corrected chi connectivity index (χ4v) is 6.81. The molecule has 1 unspecified atom stereocenters. The lowest BCUT2D eigenvalue weighted by atomic mass is 10.1. The summed E-state index contributed by atoms with van der Waals surface area (Å²) in [5.41, 5.74) is 0. The largest absolute Gasteiger partial charge is 0.462 e. The van der Waals surface area contributed by atoms with Gasteiger partial charge in [0.1, 0.15) is 13.2 Å². The van der Waals surface area contributed by atoms with Gasteiger partial charge in [0.2, 0.25) is 0 Å². The zero-order valence-corrected chi connectivity index (χ0v) is 42.4. The topological polar surface area (TPSA) is 78.9 Å². The highest BCUT2D eigenvalue weighted by Gasteiger charge is 2.19. The van der Waals surface area contributed by atoms with Gasteiger partial charge in [0.05, 0.1) is 0 Å². The summed E-state index contributed by atoms with van der Waals surface area (Å²) >= 11 is 0. The van der Waals surface area contributed by atoms with Crippen molar-refractivity contribution < 1.29 is 28.6 Å². The molecule has 0 bridgehead atoms. The van der Waals surface area contributed by atoms with E-state index in [1.807, 2.05) is 12.2 Å². The standard InChI is InChI=1S/C60H96O6/c1-4-7-10-13-16-19-22-24-26-28-30-32-34-36-38-41-44-47-50-53-59(62)65-56-57(55-64-58(61)52-49-46-43-40-21-18-15-12-9-6-3)66-60(63)54-51-48-45-42-39-37-35-33-31-29-27-25-23-20-17-14-11-8-5-2/h7-8,10-11,16-17,19-20,24-27,30-33,36,38,44,47,57H,4-6,9,12-15,18,21-23,28-29,34-35,37,39-43,45-46,48-56H2,1-3H3/b10-7-,11-8-,19-16-,20-17-,26-24-,27-25-,32-30-,33-31-,38-36-,47-44-. The maximum absolute atomic E-state index is 12.8. The molecule has 66 heavy (non-hydrogen) atoms. The third kappa shape index (κ3) is 50.8. The molecule has 6 heteroatoms. The molecule has 0 saturated heterocycles. The van der Waals surface area contributed by atoms with Crippen LogP contribution in [-0.4, -0.2) is 37.2 Å². The number of unbranched alkanes of at least 4 members (excludes halogenated alkanes) is 15. The van der Waals surface area contributed by atoms with Gasteiger partial charge in [-0.3, -0.25) is 14.4 Å². The Hall–Kier alpha value is -4.19. The maximum atomic E-state index is 12.8. The molecule has 0 aliphatic heterocycles. The summed E-state index contributed by atoms with van der Waals surface area (Å²) in [5.74, 6) is -1.02. The lowest BCUT2D eigenvalue weighted by Crippen LogP contribution is -2.30. The summed E-state index contributed by atoms with van der Waals surface area (Å²) in [6, 6.07) is 0. The lowest BCUT2D eigenvalue weighted by Gasteiger charge is -2.18. The average molecular weight is 913 g/mol. The van der Waals surface area contributed by atoms with E-state index < -0.39 is 6.10 Å². The third-order valence-electron chi connectivity index (χ3n) is 10.7. The Balaban J connectivity index is 4.50. The highest BCUT2D eigenvalue weighted by molar-refractivity contribution is 5.71. The van der Waals surface area contributed by atoms with Crippen molar-refractivity contribution in [3.63, 3.8) is 0 Å². The van der Waals surface area contributed by atoms with Gasteiger partial charge in [0.15, 0.2) is 6.10 Å². The van der Waals surface area contributed by atoms with E-state index in [0.717, 1.165) is 116 Å². The molecular weight excluding hydrogens is 817 g/mol. The van der Waals surface area contributed by atoms with Gasteiger partial charge in [-0.05, 0) is 96.3 Å². The molecule has 1 atom stereocenters.